The van der Waals surface area contributed by atoms with E-state index in [1.54, 1.807) is 0 Å². The molecule has 0 radical (unpaired) electrons. The monoisotopic (exact) mass is 400 g/mol. The van der Waals surface area contributed by atoms with Gasteiger partial charge in [0.25, 0.3) is 0 Å². The lowest BCUT2D eigenvalue weighted by molar-refractivity contribution is 0.669. The van der Waals surface area contributed by atoms with Crippen LogP contribution in [-0.4, -0.2) is 0 Å². The van der Waals surface area contributed by atoms with Crippen LogP contribution in [0.1, 0.15) is 0 Å². The molecule has 0 saturated heterocycles. The van der Waals surface area contributed by atoms with E-state index in [0.717, 1.165) is 36.4 Å². The molecule has 0 aliphatic heterocycles. The van der Waals surface area contributed by atoms with Crippen molar-refractivity contribution in [3.8, 4) is 11.1 Å². The van der Waals surface area contributed by atoms with Gasteiger partial charge in [-0.1, -0.05) is 50.1 Å². The van der Waals surface area contributed by atoms with E-state index in [0.29, 0.717) is 0 Å². The van der Waals surface area contributed by atoms with E-state index >= 15 is 0 Å². The van der Waals surface area contributed by atoms with Crippen molar-refractivity contribution < 1.29 is 4.42 Å². The van der Waals surface area contributed by atoms with Crippen LogP contribution in [0.5, 0.6) is 0 Å². The predicted octanol–water partition coefficient (Wildman–Crippen LogP) is 6.78. The summed E-state index contributed by atoms with van der Waals surface area (Å²) >= 11 is 6.95. The topological polar surface area (TPSA) is 13.1 Å². The summed E-state index contributed by atoms with van der Waals surface area (Å²) in [6.45, 7) is 0. The first-order chi connectivity index (χ1) is 10.2. The zero-order chi connectivity index (χ0) is 14.4. The first-order valence-corrected chi connectivity index (χ1v) is 8.17. The van der Waals surface area contributed by atoms with Gasteiger partial charge in [-0.2, -0.15) is 0 Å². The quantitative estimate of drug-likeness (QED) is 0.342. The van der Waals surface area contributed by atoms with E-state index < -0.39 is 0 Å². The summed E-state index contributed by atoms with van der Waals surface area (Å²) in [5.41, 5.74) is 4.17. The average molecular weight is 402 g/mol. The van der Waals surface area contributed by atoms with Crippen molar-refractivity contribution >= 4 is 53.8 Å². The second-order valence-corrected chi connectivity index (χ2v) is 6.79. The molecule has 0 spiro atoms. The van der Waals surface area contributed by atoms with Crippen LogP contribution < -0.4 is 0 Å². The minimum atomic E-state index is 0.910. The van der Waals surface area contributed by atoms with Gasteiger partial charge in [-0.05, 0) is 53.6 Å². The highest BCUT2D eigenvalue weighted by Crippen LogP contribution is 2.33. The van der Waals surface area contributed by atoms with Crippen LogP contribution >= 0.6 is 31.9 Å². The Labute approximate surface area is 138 Å². The molecule has 0 unspecified atom stereocenters. The minimum absolute atomic E-state index is 0.910. The highest BCUT2D eigenvalue weighted by Gasteiger charge is 2.08. The molecule has 1 aromatic heterocycles. The Morgan fingerprint density at radius 2 is 1.14 bits per heavy atom. The summed E-state index contributed by atoms with van der Waals surface area (Å²) in [5, 5.41) is 2.30. The van der Waals surface area contributed by atoms with Crippen molar-refractivity contribution in [2.24, 2.45) is 0 Å². The molecule has 102 valence electrons. The maximum absolute atomic E-state index is 5.98. The van der Waals surface area contributed by atoms with E-state index in [4.69, 9.17) is 4.42 Å². The van der Waals surface area contributed by atoms with Gasteiger partial charge in [0, 0.05) is 19.7 Å². The second kappa shape index (κ2) is 5.00. The zero-order valence-corrected chi connectivity index (χ0v) is 14.1. The lowest BCUT2D eigenvalue weighted by atomic mass is 10.0. The Balaban J connectivity index is 1.93. The number of hydrogen-bond acceptors (Lipinski definition) is 1. The molecular weight excluding hydrogens is 392 g/mol. The Kier molecular flexibility index (Phi) is 3.12. The van der Waals surface area contributed by atoms with Gasteiger partial charge in [0.15, 0.2) is 0 Å². The molecule has 3 aromatic carbocycles. The fourth-order valence-corrected chi connectivity index (χ4v) is 3.18. The van der Waals surface area contributed by atoms with Crippen molar-refractivity contribution in [3.63, 3.8) is 0 Å². The third-order valence-electron chi connectivity index (χ3n) is 3.61. The summed E-state index contributed by atoms with van der Waals surface area (Å²) in [4.78, 5) is 0. The molecule has 1 heterocycles. The molecule has 0 fully saturated rings. The van der Waals surface area contributed by atoms with Crippen molar-refractivity contribution in [1.29, 1.82) is 0 Å². The first-order valence-electron chi connectivity index (χ1n) is 6.58. The normalized spacial score (nSPS) is 11.3. The second-order valence-electron chi connectivity index (χ2n) is 4.96. The summed E-state index contributed by atoms with van der Waals surface area (Å²) in [6, 6.07) is 20.8. The van der Waals surface area contributed by atoms with Gasteiger partial charge in [-0.3, -0.25) is 0 Å². The van der Waals surface area contributed by atoms with Crippen molar-refractivity contribution in [3.05, 3.63) is 69.6 Å². The minimum Gasteiger partial charge on any atom is -0.456 e. The largest absolute Gasteiger partial charge is 0.456 e. The molecule has 4 rings (SSSR count). The van der Waals surface area contributed by atoms with Gasteiger partial charge in [-0.25, -0.2) is 0 Å². The Hall–Kier alpha value is -1.58. The molecule has 0 N–H and O–H groups in total. The molecule has 0 saturated carbocycles. The Morgan fingerprint density at radius 1 is 0.571 bits per heavy atom. The number of furan rings is 1. The molecule has 21 heavy (non-hydrogen) atoms. The zero-order valence-electron chi connectivity index (χ0n) is 10.9. The van der Waals surface area contributed by atoms with Crippen LogP contribution in [0.15, 0.2) is 74.0 Å². The number of benzene rings is 3. The molecule has 3 heteroatoms. The molecule has 0 amide bonds. The van der Waals surface area contributed by atoms with Gasteiger partial charge >= 0.3 is 0 Å². The van der Waals surface area contributed by atoms with Crippen molar-refractivity contribution in [2.75, 3.05) is 0 Å². The summed E-state index contributed by atoms with van der Waals surface area (Å²) < 4.78 is 8.09. The van der Waals surface area contributed by atoms with E-state index in [-0.39, 0.29) is 0 Å². The predicted molar refractivity (Wildman–Crippen MR) is 94.6 cm³/mol. The highest BCUT2D eigenvalue weighted by atomic mass is 79.9. The molecule has 1 nitrogen and oxygen atoms in total. The summed E-state index contributed by atoms with van der Waals surface area (Å²) in [6.07, 6.45) is 0. The van der Waals surface area contributed by atoms with E-state index in [1.807, 2.05) is 12.1 Å². The summed E-state index contributed by atoms with van der Waals surface area (Å²) in [7, 11) is 0. The number of rotatable bonds is 1. The fraction of sp³-hybridized carbons (Fsp3) is 0. The number of fused-ring (bicyclic) bond motifs is 3. The first kappa shape index (κ1) is 13.1. The molecule has 0 bridgehead atoms. The van der Waals surface area contributed by atoms with Crippen LogP contribution in [0.25, 0.3) is 33.1 Å². The molecular formula is C18H10Br2O. The Morgan fingerprint density at radius 3 is 1.90 bits per heavy atom. The standard InChI is InChI=1S/C18H10Br2O/c19-13-4-1-11(2-5-13)12-3-7-15-16-8-6-14(20)10-18(16)21-17(15)9-12/h1-10H. The maximum atomic E-state index is 5.98. The molecule has 0 aliphatic carbocycles. The van der Waals surface area contributed by atoms with Gasteiger partial charge in [-0.15, -0.1) is 0 Å². The number of halogens is 2. The average Bonchev–Trinajstić information content (AvgIpc) is 2.84. The van der Waals surface area contributed by atoms with Crippen LogP contribution in [0.3, 0.4) is 0 Å². The third-order valence-corrected chi connectivity index (χ3v) is 4.63. The van der Waals surface area contributed by atoms with Crippen molar-refractivity contribution in [2.45, 2.75) is 0 Å². The van der Waals surface area contributed by atoms with Crippen LogP contribution in [0.4, 0.5) is 0 Å². The molecule has 0 atom stereocenters. The lowest BCUT2D eigenvalue weighted by Gasteiger charge is -2.01. The van der Waals surface area contributed by atoms with Crippen LogP contribution in [0.2, 0.25) is 0 Å². The SMILES string of the molecule is Brc1ccc(-c2ccc3c(c2)oc2cc(Br)ccc23)cc1. The lowest BCUT2D eigenvalue weighted by Crippen LogP contribution is -1.77. The van der Waals surface area contributed by atoms with Gasteiger partial charge in [0.2, 0.25) is 0 Å². The maximum Gasteiger partial charge on any atom is 0.136 e. The molecule has 0 aliphatic rings. The molecule has 4 aromatic rings. The van der Waals surface area contributed by atoms with Crippen LogP contribution in [0, 0.1) is 0 Å². The van der Waals surface area contributed by atoms with Gasteiger partial charge in [0.05, 0.1) is 0 Å². The smallest absolute Gasteiger partial charge is 0.136 e. The fourth-order valence-electron chi connectivity index (χ4n) is 2.57. The van der Waals surface area contributed by atoms with E-state index in [2.05, 4.69) is 80.4 Å². The Bertz CT molecular complexity index is 952. The van der Waals surface area contributed by atoms with E-state index in [9.17, 15) is 0 Å². The number of hydrogen-bond donors (Lipinski definition) is 0. The van der Waals surface area contributed by atoms with Crippen LogP contribution in [-0.2, 0) is 0 Å². The van der Waals surface area contributed by atoms with Gasteiger partial charge in [0.1, 0.15) is 11.2 Å². The summed E-state index contributed by atoms with van der Waals surface area (Å²) in [5.74, 6) is 0. The highest BCUT2D eigenvalue weighted by molar-refractivity contribution is 9.10. The van der Waals surface area contributed by atoms with E-state index in [1.165, 1.54) is 5.56 Å². The van der Waals surface area contributed by atoms with Crippen molar-refractivity contribution in [1.82, 2.24) is 0 Å². The third kappa shape index (κ3) is 2.30. The van der Waals surface area contributed by atoms with Gasteiger partial charge < -0.3 is 4.42 Å².